The Kier molecular flexibility index (Phi) is 8.22. The van der Waals surface area contributed by atoms with Crippen LogP contribution in [-0.2, 0) is 35.6 Å². The average molecular weight is 415 g/mol. The van der Waals surface area contributed by atoms with Crippen molar-refractivity contribution in [3.8, 4) is 0 Å². The molecule has 0 saturated carbocycles. The molecular formula is C22H30N4O2S. The highest BCUT2D eigenvalue weighted by Gasteiger charge is 2.16. The third-order valence-corrected chi connectivity index (χ3v) is 6.40. The zero-order chi connectivity index (χ0) is 20.5. The van der Waals surface area contributed by atoms with Crippen molar-refractivity contribution in [2.24, 2.45) is 5.92 Å². The Balaban J connectivity index is 0.000000176. The molecular weight excluding hydrogens is 384 g/mol. The molecule has 1 fully saturated rings. The van der Waals surface area contributed by atoms with Crippen LogP contribution in [0.3, 0.4) is 0 Å². The van der Waals surface area contributed by atoms with Crippen LogP contribution in [0, 0.1) is 5.92 Å². The minimum Gasteiger partial charge on any atom is -0.349 e. The molecule has 2 aromatic rings. The Morgan fingerprint density at radius 1 is 1.28 bits per heavy atom. The predicted molar refractivity (Wildman–Crippen MR) is 116 cm³/mol. The van der Waals surface area contributed by atoms with E-state index in [4.69, 9.17) is 0 Å². The molecule has 4 rings (SSSR count). The van der Waals surface area contributed by atoms with Crippen LogP contribution in [0.2, 0.25) is 0 Å². The molecule has 2 atom stereocenters. The molecule has 7 heteroatoms. The van der Waals surface area contributed by atoms with E-state index >= 15 is 0 Å². The number of carbonyl (C=O) groups is 2. The summed E-state index contributed by atoms with van der Waals surface area (Å²) in [7, 11) is 0. The van der Waals surface area contributed by atoms with Crippen LogP contribution < -0.4 is 21.3 Å². The largest absolute Gasteiger partial charge is 0.349 e. The summed E-state index contributed by atoms with van der Waals surface area (Å²) in [6.45, 7) is 6.44. The van der Waals surface area contributed by atoms with Gasteiger partial charge in [0.2, 0.25) is 12.3 Å². The van der Waals surface area contributed by atoms with E-state index in [0.29, 0.717) is 13.0 Å². The molecule has 1 aromatic heterocycles. The molecule has 2 aliphatic heterocycles. The Labute approximate surface area is 176 Å². The zero-order valence-corrected chi connectivity index (χ0v) is 17.7. The van der Waals surface area contributed by atoms with E-state index in [-0.39, 0.29) is 5.91 Å². The first-order valence-corrected chi connectivity index (χ1v) is 11.0. The Hall–Kier alpha value is -2.22. The van der Waals surface area contributed by atoms with E-state index in [2.05, 4.69) is 57.7 Å². The lowest BCUT2D eigenvalue weighted by atomic mass is 9.99. The number of nitrogens with one attached hydrogen (secondary N) is 4. The first-order valence-electron chi connectivity index (χ1n) is 10.2. The maximum atomic E-state index is 11.5. The monoisotopic (exact) mass is 414 g/mol. The lowest BCUT2D eigenvalue weighted by Crippen LogP contribution is -2.41. The van der Waals surface area contributed by atoms with Gasteiger partial charge >= 0.3 is 0 Å². The Morgan fingerprint density at radius 2 is 2.10 bits per heavy atom. The molecule has 156 valence electrons. The van der Waals surface area contributed by atoms with Gasteiger partial charge < -0.3 is 21.3 Å². The second-order valence-electron chi connectivity index (χ2n) is 7.54. The van der Waals surface area contributed by atoms with Gasteiger partial charge in [0.15, 0.2) is 0 Å². The van der Waals surface area contributed by atoms with Crippen LogP contribution in [0.5, 0.6) is 0 Å². The van der Waals surface area contributed by atoms with Crippen molar-refractivity contribution in [3.63, 3.8) is 0 Å². The van der Waals surface area contributed by atoms with Crippen LogP contribution in [0.25, 0.3) is 0 Å². The van der Waals surface area contributed by atoms with Gasteiger partial charge in [0.25, 0.3) is 0 Å². The van der Waals surface area contributed by atoms with E-state index < -0.39 is 6.04 Å². The summed E-state index contributed by atoms with van der Waals surface area (Å²) in [4.78, 5) is 24.2. The molecule has 2 aliphatic rings. The van der Waals surface area contributed by atoms with Crippen molar-refractivity contribution in [1.82, 2.24) is 21.3 Å². The Bertz CT molecular complexity index is 766. The second kappa shape index (κ2) is 11.1. The standard InChI is InChI=1S/C11H15N3O2S.C11H15N/c1-7(14-6-15)11(16)13-4-9-2-8-3-12-5-10(8)17-9;1-2-4-10(5-3-1)8-11-6-7-12-9-11/h2,6-7,12H,3-5H2,1H3,(H,13,16)(H,14,15);1-5,11-12H,6-9H2. The van der Waals surface area contributed by atoms with Crippen molar-refractivity contribution in [2.75, 3.05) is 13.1 Å². The third kappa shape index (κ3) is 6.66. The lowest BCUT2D eigenvalue weighted by molar-refractivity contribution is -0.125. The van der Waals surface area contributed by atoms with Gasteiger partial charge in [-0.25, -0.2) is 0 Å². The van der Waals surface area contributed by atoms with Crippen molar-refractivity contribution < 1.29 is 9.59 Å². The van der Waals surface area contributed by atoms with Gasteiger partial charge in [-0.1, -0.05) is 30.3 Å². The van der Waals surface area contributed by atoms with Gasteiger partial charge in [-0.15, -0.1) is 11.3 Å². The maximum Gasteiger partial charge on any atom is 0.242 e. The van der Waals surface area contributed by atoms with Crippen LogP contribution in [0.15, 0.2) is 36.4 Å². The van der Waals surface area contributed by atoms with Gasteiger partial charge in [0, 0.05) is 22.8 Å². The maximum absolute atomic E-state index is 11.5. The van der Waals surface area contributed by atoms with Crippen molar-refractivity contribution in [2.45, 2.75) is 45.4 Å². The van der Waals surface area contributed by atoms with Gasteiger partial charge in [-0.05, 0) is 56.0 Å². The number of rotatable bonds is 7. The number of thiophene rings is 1. The van der Waals surface area contributed by atoms with Crippen LogP contribution in [-0.4, -0.2) is 31.4 Å². The van der Waals surface area contributed by atoms with Crippen molar-refractivity contribution >= 4 is 23.7 Å². The number of carbonyl (C=O) groups excluding carboxylic acids is 2. The summed E-state index contributed by atoms with van der Waals surface area (Å²) in [6, 6.07) is 12.4. The van der Waals surface area contributed by atoms with Gasteiger partial charge in [0.05, 0.1) is 6.54 Å². The molecule has 2 amide bonds. The normalized spacial score (nSPS) is 18.3. The molecule has 3 heterocycles. The summed E-state index contributed by atoms with van der Waals surface area (Å²) in [6.07, 6.45) is 3.12. The average Bonchev–Trinajstić information content (AvgIpc) is 3.45. The van der Waals surface area contributed by atoms with E-state index in [9.17, 15) is 9.59 Å². The van der Waals surface area contributed by atoms with Crippen LogP contribution >= 0.6 is 11.3 Å². The number of hydrogen-bond acceptors (Lipinski definition) is 5. The topological polar surface area (TPSA) is 82.3 Å². The molecule has 0 aliphatic carbocycles. The van der Waals surface area contributed by atoms with E-state index in [1.54, 1.807) is 18.3 Å². The quantitative estimate of drug-likeness (QED) is 0.522. The summed E-state index contributed by atoms with van der Waals surface area (Å²) in [5, 5.41) is 11.9. The molecule has 2 unspecified atom stereocenters. The molecule has 0 bridgehead atoms. The second-order valence-corrected chi connectivity index (χ2v) is 8.76. The number of fused-ring (bicyclic) bond motifs is 1. The fourth-order valence-electron chi connectivity index (χ4n) is 3.57. The zero-order valence-electron chi connectivity index (χ0n) is 16.9. The van der Waals surface area contributed by atoms with Crippen LogP contribution in [0.4, 0.5) is 0 Å². The fraction of sp³-hybridized carbons (Fsp3) is 0.455. The highest BCUT2D eigenvalue weighted by Crippen LogP contribution is 2.26. The first kappa shape index (κ1) is 21.5. The van der Waals surface area contributed by atoms with Gasteiger partial charge in [-0.2, -0.15) is 0 Å². The summed E-state index contributed by atoms with van der Waals surface area (Å²) in [5.74, 6) is 0.705. The van der Waals surface area contributed by atoms with Gasteiger partial charge in [0.1, 0.15) is 6.04 Å². The molecule has 6 nitrogen and oxygen atoms in total. The minimum atomic E-state index is -0.485. The summed E-state index contributed by atoms with van der Waals surface area (Å²) in [5.41, 5.74) is 2.81. The third-order valence-electron chi connectivity index (χ3n) is 5.23. The lowest BCUT2D eigenvalue weighted by Gasteiger charge is -2.09. The fourth-order valence-corrected chi connectivity index (χ4v) is 4.66. The van der Waals surface area contributed by atoms with Crippen molar-refractivity contribution in [1.29, 1.82) is 0 Å². The van der Waals surface area contributed by atoms with E-state index in [1.165, 1.54) is 41.9 Å². The highest BCUT2D eigenvalue weighted by molar-refractivity contribution is 7.12. The SMILES string of the molecule is CC(NC=O)C(=O)NCc1cc2c(s1)CNC2.c1ccc(CC2CCNC2)cc1. The number of hydrogen-bond donors (Lipinski definition) is 4. The van der Waals surface area contributed by atoms with Crippen LogP contribution in [0.1, 0.15) is 34.2 Å². The van der Waals surface area contributed by atoms with E-state index in [1.807, 2.05) is 0 Å². The molecule has 1 saturated heterocycles. The highest BCUT2D eigenvalue weighted by atomic mass is 32.1. The number of benzene rings is 1. The molecule has 29 heavy (non-hydrogen) atoms. The predicted octanol–water partition coefficient (Wildman–Crippen LogP) is 1.94. The molecule has 4 N–H and O–H groups in total. The number of amides is 2. The minimum absolute atomic E-state index is 0.163. The van der Waals surface area contributed by atoms with E-state index in [0.717, 1.165) is 23.9 Å². The summed E-state index contributed by atoms with van der Waals surface area (Å²) >= 11 is 1.72. The summed E-state index contributed by atoms with van der Waals surface area (Å²) < 4.78 is 0. The van der Waals surface area contributed by atoms with Gasteiger partial charge in [-0.3, -0.25) is 9.59 Å². The van der Waals surface area contributed by atoms with Crippen molar-refractivity contribution in [3.05, 3.63) is 57.3 Å². The molecule has 1 aromatic carbocycles. The smallest absolute Gasteiger partial charge is 0.242 e. The first-order chi connectivity index (χ1) is 14.2. The Morgan fingerprint density at radius 3 is 2.79 bits per heavy atom. The molecule has 0 spiro atoms. The molecule has 0 radical (unpaired) electrons.